The minimum absolute atomic E-state index is 0.140. The summed E-state index contributed by atoms with van der Waals surface area (Å²) in [4.78, 5) is 16.5. The Balaban J connectivity index is 1.43. The van der Waals surface area contributed by atoms with Crippen molar-refractivity contribution in [3.05, 3.63) is 30.1 Å². The van der Waals surface area contributed by atoms with Crippen molar-refractivity contribution in [2.45, 2.75) is 44.6 Å². The summed E-state index contributed by atoms with van der Waals surface area (Å²) in [6, 6.07) is 7.27. The number of hydrogen-bond donors (Lipinski definition) is 1. The number of carbonyl (C=O) groups is 1. The van der Waals surface area contributed by atoms with Gasteiger partial charge >= 0.3 is 0 Å². The quantitative estimate of drug-likeness (QED) is 0.861. The zero-order chi connectivity index (χ0) is 16.8. The van der Waals surface area contributed by atoms with Gasteiger partial charge in [0.15, 0.2) is 0 Å². The topological polar surface area (TPSA) is 35.6 Å². The number of anilines is 1. The molecule has 0 unspecified atom stereocenters. The molecule has 1 saturated heterocycles. The molecule has 0 bridgehead atoms. The Morgan fingerprint density at radius 1 is 1.04 bits per heavy atom. The summed E-state index contributed by atoms with van der Waals surface area (Å²) in [6.45, 7) is 3.58. The fourth-order valence-electron chi connectivity index (χ4n) is 3.76. The van der Waals surface area contributed by atoms with Gasteiger partial charge in [-0.1, -0.05) is 37.8 Å². The highest BCUT2D eigenvalue weighted by Crippen LogP contribution is 2.20. The van der Waals surface area contributed by atoms with Gasteiger partial charge in [-0.15, -0.1) is 0 Å². The molecule has 0 spiro atoms. The molecule has 4 nitrogen and oxygen atoms in total. The standard InChI is InChI=1S/C19H28FN3O/c20-17-9-5-6-10-18(17)23-13-11-22(12-14-23)15-19(24)21-16-7-3-1-2-4-8-16/h5-6,9-10,16H,1-4,7-8,11-15H2,(H,21,24). The summed E-state index contributed by atoms with van der Waals surface area (Å²) in [5, 5.41) is 3.20. The Hall–Kier alpha value is -1.62. The highest BCUT2D eigenvalue weighted by Gasteiger charge is 2.22. The number of carbonyl (C=O) groups excluding carboxylic acids is 1. The van der Waals surface area contributed by atoms with Crippen molar-refractivity contribution in [2.75, 3.05) is 37.6 Å². The van der Waals surface area contributed by atoms with Crippen LogP contribution in [-0.4, -0.2) is 49.6 Å². The molecule has 1 aliphatic carbocycles. The maximum Gasteiger partial charge on any atom is 0.234 e. The van der Waals surface area contributed by atoms with Crippen LogP contribution in [0.5, 0.6) is 0 Å². The maximum absolute atomic E-state index is 13.9. The molecule has 1 N–H and O–H groups in total. The number of nitrogens with one attached hydrogen (secondary N) is 1. The maximum atomic E-state index is 13.9. The van der Waals surface area contributed by atoms with Crippen molar-refractivity contribution in [3.63, 3.8) is 0 Å². The van der Waals surface area contributed by atoms with Gasteiger partial charge in [-0.2, -0.15) is 0 Å². The van der Waals surface area contributed by atoms with Crippen molar-refractivity contribution < 1.29 is 9.18 Å². The monoisotopic (exact) mass is 333 g/mol. The summed E-state index contributed by atoms with van der Waals surface area (Å²) in [7, 11) is 0. The van der Waals surface area contributed by atoms with Gasteiger partial charge in [-0.25, -0.2) is 4.39 Å². The van der Waals surface area contributed by atoms with Crippen LogP contribution in [0.15, 0.2) is 24.3 Å². The van der Waals surface area contributed by atoms with E-state index < -0.39 is 0 Å². The fraction of sp³-hybridized carbons (Fsp3) is 0.632. The molecule has 1 aromatic carbocycles. The molecule has 1 aromatic rings. The molecule has 1 aliphatic heterocycles. The predicted molar refractivity (Wildman–Crippen MR) is 94.7 cm³/mol. The minimum atomic E-state index is -0.169. The van der Waals surface area contributed by atoms with Gasteiger partial charge in [-0.05, 0) is 25.0 Å². The predicted octanol–water partition coefficient (Wildman–Crippen LogP) is 2.79. The average molecular weight is 333 g/mol. The normalized spacial score (nSPS) is 20.6. The molecule has 2 fully saturated rings. The van der Waals surface area contributed by atoms with E-state index >= 15 is 0 Å². The lowest BCUT2D eigenvalue weighted by Crippen LogP contribution is -2.50. The van der Waals surface area contributed by atoms with Gasteiger partial charge in [0.2, 0.25) is 5.91 Å². The zero-order valence-electron chi connectivity index (χ0n) is 14.3. The highest BCUT2D eigenvalue weighted by molar-refractivity contribution is 5.78. The molecule has 3 rings (SSSR count). The number of halogens is 1. The van der Waals surface area contributed by atoms with E-state index in [0.29, 0.717) is 18.3 Å². The van der Waals surface area contributed by atoms with E-state index in [2.05, 4.69) is 15.1 Å². The first-order valence-electron chi connectivity index (χ1n) is 9.23. The number of amides is 1. The Labute approximate surface area is 144 Å². The lowest BCUT2D eigenvalue weighted by Gasteiger charge is -2.36. The molecule has 132 valence electrons. The lowest BCUT2D eigenvalue weighted by molar-refractivity contribution is -0.123. The van der Waals surface area contributed by atoms with Gasteiger partial charge < -0.3 is 10.2 Å². The van der Waals surface area contributed by atoms with E-state index in [4.69, 9.17) is 0 Å². The summed E-state index contributed by atoms with van der Waals surface area (Å²) >= 11 is 0. The molecule has 24 heavy (non-hydrogen) atoms. The Morgan fingerprint density at radius 3 is 2.38 bits per heavy atom. The molecule has 2 aliphatic rings. The largest absolute Gasteiger partial charge is 0.367 e. The van der Waals surface area contributed by atoms with Crippen molar-refractivity contribution in [1.29, 1.82) is 0 Å². The van der Waals surface area contributed by atoms with Crippen LogP contribution in [0.2, 0.25) is 0 Å². The van der Waals surface area contributed by atoms with Crippen LogP contribution in [0.3, 0.4) is 0 Å². The number of rotatable bonds is 4. The van der Waals surface area contributed by atoms with E-state index in [1.807, 2.05) is 12.1 Å². The second-order valence-electron chi connectivity index (χ2n) is 6.97. The summed E-state index contributed by atoms with van der Waals surface area (Å²) in [6.07, 6.45) is 7.28. The molecule has 1 amide bonds. The third kappa shape index (κ3) is 4.69. The zero-order valence-corrected chi connectivity index (χ0v) is 14.3. The molecule has 0 atom stereocenters. The number of hydrogen-bond acceptors (Lipinski definition) is 3. The molecule has 5 heteroatoms. The van der Waals surface area contributed by atoms with E-state index in [-0.39, 0.29) is 11.7 Å². The lowest BCUT2D eigenvalue weighted by atomic mass is 10.1. The van der Waals surface area contributed by atoms with Crippen LogP contribution in [0.25, 0.3) is 0 Å². The van der Waals surface area contributed by atoms with Crippen LogP contribution in [0.1, 0.15) is 38.5 Å². The van der Waals surface area contributed by atoms with Gasteiger partial charge in [0.25, 0.3) is 0 Å². The van der Waals surface area contributed by atoms with Gasteiger partial charge in [0.1, 0.15) is 5.82 Å². The molecular formula is C19H28FN3O. The smallest absolute Gasteiger partial charge is 0.234 e. The molecule has 0 radical (unpaired) electrons. The minimum Gasteiger partial charge on any atom is -0.367 e. The molecular weight excluding hydrogens is 305 g/mol. The first kappa shape index (κ1) is 17.2. The first-order valence-corrected chi connectivity index (χ1v) is 9.23. The van der Waals surface area contributed by atoms with Gasteiger partial charge in [-0.3, -0.25) is 9.69 Å². The van der Waals surface area contributed by atoms with Crippen LogP contribution in [0.4, 0.5) is 10.1 Å². The number of para-hydroxylation sites is 1. The SMILES string of the molecule is O=C(CN1CCN(c2ccccc2F)CC1)NC1CCCCCC1. The van der Waals surface area contributed by atoms with Crippen molar-refractivity contribution in [3.8, 4) is 0 Å². The van der Waals surface area contributed by atoms with E-state index in [9.17, 15) is 9.18 Å². The van der Waals surface area contributed by atoms with Crippen molar-refractivity contribution >= 4 is 11.6 Å². The third-order valence-corrected chi connectivity index (χ3v) is 5.15. The van der Waals surface area contributed by atoms with E-state index in [1.165, 1.54) is 31.7 Å². The van der Waals surface area contributed by atoms with Crippen LogP contribution in [0, 0.1) is 5.82 Å². The fourth-order valence-corrected chi connectivity index (χ4v) is 3.76. The van der Waals surface area contributed by atoms with Crippen molar-refractivity contribution in [1.82, 2.24) is 10.2 Å². The Kier molecular flexibility index (Phi) is 6.07. The third-order valence-electron chi connectivity index (χ3n) is 5.15. The summed E-state index contributed by atoms with van der Waals surface area (Å²) in [5.41, 5.74) is 0.667. The Bertz CT molecular complexity index is 535. The van der Waals surface area contributed by atoms with Crippen LogP contribution < -0.4 is 10.2 Å². The number of benzene rings is 1. The summed E-state index contributed by atoms with van der Waals surface area (Å²) in [5.74, 6) is -0.0294. The first-order chi connectivity index (χ1) is 11.7. The second kappa shape index (κ2) is 8.47. The van der Waals surface area contributed by atoms with E-state index in [0.717, 1.165) is 39.0 Å². The van der Waals surface area contributed by atoms with E-state index in [1.54, 1.807) is 6.07 Å². The molecule has 0 aromatic heterocycles. The molecule has 1 heterocycles. The van der Waals surface area contributed by atoms with Gasteiger partial charge in [0.05, 0.1) is 12.2 Å². The number of piperazine rings is 1. The van der Waals surface area contributed by atoms with Gasteiger partial charge in [0, 0.05) is 32.2 Å². The van der Waals surface area contributed by atoms with Crippen LogP contribution >= 0.6 is 0 Å². The van der Waals surface area contributed by atoms with Crippen molar-refractivity contribution in [2.24, 2.45) is 0 Å². The summed E-state index contributed by atoms with van der Waals surface area (Å²) < 4.78 is 13.9. The second-order valence-corrected chi connectivity index (χ2v) is 6.97. The van der Waals surface area contributed by atoms with Crippen LogP contribution in [-0.2, 0) is 4.79 Å². The Morgan fingerprint density at radius 2 is 1.71 bits per heavy atom. The number of nitrogens with zero attached hydrogens (tertiary/aromatic N) is 2. The highest BCUT2D eigenvalue weighted by atomic mass is 19.1. The molecule has 1 saturated carbocycles. The average Bonchev–Trinajstić information content (AvgIpc) is 2.85.